The molecule has 1 atom stereocenters. The van der Waals surface area contributed by atoms with Crippen molar-refractivity contribution in [3.63, 3.8) is 0 Å². The molecule has 3 rings (SSSR count). The van der Waals surface area contributed by atoms with Crippen LogP contribution in [0, 0.1) is 5.92 Å². The molecular weight excluding hydrogens is 359 g/mol. The first-order valence-electron chi connectivity index (χ1n) is 8.37. The molecule has 4 nitrogen and oxygen atoms in total. The van der Waals surface area contributed by atoms with Crippen LogP contribution in [0.4, 0.5) is 18.9 Å². The number of hydrogen-bond acceptors (Lipinski definition) is 3. The van der Waals surface area contributed by atoms with Crippen LogP contribution in [0.5, 0.6) is 0 Å². The molecule has 0 saturated carbocycles. The minimum absolute atomic E-state index is 0.00613. The average Bonchev–Trinajstić information content (AvgIpc) is 2.96. The molecule has 0 saturated heterocycles. The van der Waals surface area contributed by atoms with Gasteiger partial charge in [0.1, 0.15) is 5.78 Å². The van der Waals surface area contributed by atoms with Crippen LogP contribution in [0.2, 0.25) is 0 Å². The molecule has 0 aliphatic heterocycles. The summed E-state index contributed by atoms with van der Waals surface area (Å²) < 4.78 is 38.1. The lowest BCUT2D eigenvalue weighted by molar-refractivity contribution is -0.137. The standard InChI is InChI=1S/C20H16F3NO3/c21-20(22,23)13-5-3-6-14(11-13)24-18(26)9-8-17(25)16-10-12-4-1-2-7-15(12)19(16)27/h1-7,11,16H,8-10H2,(H,24,26)/t16-/m1/s1. The second-order valence-electron chi connectivity index (χ2n) is 6.37. The first-order valence-corrected chi connectivity index (χ1v) is 8.37. The summed E-state index contributed by atoms with van der Waals surface area (Å²) in [5.41, 5.74) is 0.482. The molecule has 0 fully saturated rings. The molecule has 0 unspecified atom stereocenters. The van der Waals surface area contributed by atoms with E-state index in [1.165, 1.54) is 12.1 Å². The number of carbonyl (C=O) groups excluding carboxylic acids is 3. The van der Waals surface area contributed by atoms with Crippen LogP contribution in [0.1, 0.15) is 34.3 Å². The van der Waals surface area contributed by atoms with Crippen LogP contribution >= 0.6 is 0 Å². The molecule has 27 heavy (non-hydrogen) atoms. The topological polar surface area (TPSA) is 63.2 Å². The Morgan fingerprint density at radius 3 is 2.48 bits per heavy atom. The van der Waals surface area contributed by atoms with E-state index in [4.69, 9.17) is 0 Å². The van der Waals surface area contributed by atoms with E-state index in [-0.39, 0.29) is 30.1 Å². The maximum atomic E-state index is 12.7. The summed E-state index contributed by atoms with van der Waals surface area (Å²) in [7, 11) is 0. The van der Waals surface area contributed by atoms with Gasteiger partial charge >= 0.3 is 6.18 Å². The van der Waals surface area contributed by atoms with Gasteiger partial charge in [0, 0.05) is 24.1 Å². The Bertz CT molecular complexity index is 905. The molecule has 1 aliphatic rings. The monoisotopic (exact) mass is 375 g/mol. The van der Waals surface area contributed by atoms with Gasteiger partial charge in [-0.15, -0.1) is 0 Å². The van der Waals surface area contributed by atoms with Crippen LogP contribution in [-0.2, 0) is 22.2 Å². The zero-order valence-electron chi connectivity index (χ0n) is 14.2. The van der Waals surface area contributed by atoms with Crippen molar-refractivity contribution in [2.45, 2.75) is 25.4 Å². The van der Waals surface area contributed by atoms with Crippen molar-refractivity contribution in [3.8, 4) is 0 Å². The molecule has 0 spiro atoms. The van der Waals surface area contributed by atoms with Crippen molar-refractivity contribution < 1.29 is 27.6 Å². The summed E-state index contributed by atoms with van der Waals surface area (Å²) in [5, 5.41) is 2.35. The van der Waals surface area contributed by atoms with Crippen molar-refractivity contribution >= 4 is 23.2 Å². The van der Waals surface area contributed by atoms with Crippen molar-refractivity contribution in [1.29, 1.82) is 0 Å². The highest BCUT2D eigenvalue weighted by Crippen LogP contribution is 2.31. The van der Waals surface area contributed by atoms with Gasteiger partial charge in [-0.05, 0) is 30.2 Å². The predicted molar refractivity (Wildman–Crippen MR) is 92.3 cm³/mol. The van der Waals surface area contributed by atoms with E-state index in [2.05, 4.69) is 5.32 Å². The van der Waals surface area contributed by atoms with Gasteiger partial charge in [0.05, 0.1) is 11.5 Å². The third kappa shape index (κ3) is 4.24. The van der Waals surface area contributed by atoms with Crippen molar-refractivity contribution in [1.82, 2.24) is 0 Å². The maximum Gasteiger partial charge on any atom is 0.416 e. The van der Waals surface area contributed by atoms with E-state index in [0.29, 0.717) is 12.0 Å². The lowest BCUT2D eigenvalue weighted by Crippen LogP contribution is -2.22. The summed E-state index contributed by atoms with van der Waals surface area (Å²) in [6, 6.07) is 11.3. The number of rotatable bonds is 5. The molecule has 7 heteroatoms. The summed E-state index contributed by atoms with van der Waals surface area (Å²) in [6.45, 7) is 0. The second-order valence-corrected chi connectivity index (χ2v) is 6.37. The number of anilines is 1. The molecule has 0 bridgehead atoms. The lowest BCUT2D eigenvalue weighted by atomic mass is 9.96. The van der Waals surface area contributed by atoms with E-state index >= 15 is 0 Å². The molecule has 1 aliphatic carbocycles. The molecule has 140 valence electrons. The molecule has 0 aromatic heterocycles. The molecule has 0 radical (unpaired) electrons. The maximum absolute atomic E-state index is 12.7. The van der Waals surface area contributed by atoms with Gasteiger partial charge in [0.15, 0.2) is 5.78 Å². The molecule has 1 amide bonds. The normalized spacial score (nSPS) is 16.1. The summed E-state index contributed by atoms with van der Waals surface area (Å²) in [5.74, 6) is -1.95. The highest BCUT2D eigenvalue weighted by Gasteiger charge is 2.35. The van der Waals surface area contributed by atoms with Crippen molar-refractivity contribution in [2.24, 2.45) is 5.92 Å². The van der Waals surface area contributed by atoms with Crippen molar-refractivity contribution in [3.05, 3.63) is 65.2 Å². The number of amides is 1. The number of alkyl halides is 3. The lowest BCUT2D eigenvalue weighted by Gasteiger charge is -2.10. The van der Waals surface area contributed by atoms with E-state index in [1.807, 2.05) is 0 Å². The number of nitrogens with one attached hydrogen (secondary N) is 1. The summed E-state index contributed by atoms with van der Waals surface area (Å²) in [4.78, 5) is 36.6. The van der Waals surface area contributed by atoms with E-state index in [0.717, 1.165) is 17.7 Å². The van der Waals surface area contributed by atoms with Crippen LogP contribution in [0.3, 0.4) is 0 Å². The Hall–Kier alpha value is -2.96. The second kappa shape index (κ2) is 7.34. The first kappa shape index (κ1) is 18.8. The molecule has 2 aromatic rings. The van der Waals surface area contributed by atoms with Crippen LogP contribution in [0.15, 0.2) is 48.5 Å². The minimum atomic E-state index is -4.51. The van der Waals surface area contributed by atoms with Crippen LogP contribution < -0.4 is 5.32 Å². The number of ketones is 2. The smallest absolute Gasteiger partial charge is 0.326 e. The Kier molecular flexibility index (Phi) is 5.12. The number of benzene rings is 2. The number of Topliss-reactive ketones (excluding diaryl/α,β-unsaturated/α-hetero) is 2. The molecular formula is C20H16F3NO3. The molecule has 0 heterocycles. The van der Waals surface area contributed by atoms with Crippen molar-refractivity contribution in [2.75, 3.05) is 5.32 Å². The van der Waals surface area contributed by atoms with Gasteiger partial charge in [0.25, 0.3) is 0 Å². The van der Waals surface area contributed by atoms with Gasteiger partial charge in [0.2, 0.25) is 5.91 Å². The zero-order chi connectivity index (χ0) is 19.6. The fourth-order valence-electron chi connectivity index (χ4n) is 3.11. The SMILES string of the molecule is O=C(CCC(=O)[C@H]1Cc2ccccc2C1=O)Nc1cccc(C(F)(F)F)c1. The largest absolute Gasteiger partial charge is 0.416 e. The number of halogens is 3. The zero-order valence-corrected chi connectivity index (χ0v) is 14.2. The van der Waals surface area contributed by atoms with Gasteiger partial charge in [-0.2, -0.15) is 13.2 Å². The highest BCUT2D eigenvalue weighted by molar-refractivity contribution is 6.14. The Morgan fingerprint density at radius 1 is 1.04 bits per heavy atom. The van der Waals surface area contributed by atoms with Crippen LogP contribution in [-0.4, -0.2) is 17.5 Å². The van der Waals surface area contributed by atoms with Gasteiger partial charge in [-0.1, -0.05) is 30.3 Å². The minimum Gasteiger partial charge on any atom is -0.326 e. The number of fused-ring (bicyclic) bond motifs is 1. The number of carbonyl (C=O) groups is 3. The molecule has 2 aromatic carbocycles. The van der Waals surface area contributed by atoms with E-state index in [1.54, 1.807) is 24.3 Å². The summed E-state index contributed by atoms with van der Waals surface area (Å²) >= 11 is 0. The van der Waals surface area contributed by atoms with Gasteiger partial charge < -0.3 is 5.32 Å². The van der Waals surface area contributed by atoms with Gasteiger partial charge in [-0.25, -0.2) is 0 Å². The van der Waals surface area contributed by atoms with Gasteiger partial charge in [-0.3, -0.25) is 14.4 Å². The predicted octanol–water partition coefficient (Wildman–Crippen LogP) is 4.05. The Labute approximate surface area is 153 Å². The quantitative estimate of drug-likeness (QED) is 0.802. The van der Waals surface area contributed by atoms with Crippen LogP contribution in [0.25, 0.3) is 0 Å². The average molecular weight is 375 g/mol. The highest BCUT2D eigenvalue weighted by atomic mass is 19.4. The third-order valence-corrected chi connectivity index (χ3v) is 4.48. The Morgan fingerprint density at radius 2 is 1.78 bits per heavy atom. The number of hydrogen-bond donors (Lipinski definition) is 1. The molecule has 1 N–H and O–H groups in total. The Balaban J connectivity index is 1.56. The fourth-order valence-corrected chi connectivity index (χ4v) is 3.11. The van der Waals surface area contributed by atoms with E-state index in [9.17, 15) is 27.6 Å². The summed E-state index contributed by atoms with van der Waals surface area (Å²) in [6.07, 6.45) is -4.53. The third-order valence-electron chi connectivity index (χ3n) is 4.48. The first-order chi connectivity index (χ1) is 12.8. The fraction of sp³-hybridized carbons (Fsp3) is 0.250. The van der Waals surface area contributed by atoms with E-state index < -0.39 is 23.6 Å².